The van der Waals surface area contributed by atoms with Gasteiger partial charge < -0.3 is 5.32 Å². The zero-order valence-corrected chi connectivity index (χ0v) is 15.2. The molecule has 2 heterocycles. The summed E-state index contributed by atoms with van der Waals surface area (Å²) in [7, 11) is -3.33. The van der Waals surface area contributed by atoms with Crippen molar-refractivity contribution in [1.29, 1.82) is 0 Å². The predicted octanol–water partition coefficient (Wildman–Crippen LogP) is 2.51. The number of aromatic nitrogens is 1. The van der Waals surface area contributed by atoms with E-state index in [9.17, 15) is 8.42 Å². The third kappa shape index (κ3) is 4.84. The fourth-order valence-corrected chi connectivity index (χ4v) is 5.22. The lowest BCUT2D eigenvalue weighted by molar-refractivity contribution is 0.447. The van der Waals surface area contributed by atoms with Gasteiger partial charge in [0.1, 0.15) is 4.21 Å². The van der Waals surface area contributed by atoms with Gasteiger partial charge in [-0.1, -0.05) is 19.9 Å². The molecule has 23 heavy (non-hydrogen) atoms. The van der Waals surface area contributed by atoms with Gasteiger partial charge in [0.05, 0.1) is 5.69 Å². The van der Waals surface area contributed by atoms with Crippen molar-refractivity contribution in [2.75, 3.05) is 19.6 Å². The number of hydrogen-bond donors (Lipinski definition) is 1. The van der Waals surface area contributed by atoms with E-state index in [4.69, 9.17) is 0 Å². The second-order valence-corrected chi connectivity index (χ2v) is 8.39. The molecule has 126 valence electrons. The van der Waals surface area contributed by atoms with E-state index >= 15 is 0 Å². The van der Waals surface area contributed by atoms with Gasteiger partial charge in [-0.05, 0) is 30.7 Å². The van der Waals surface area contributed by atoms with Crippen LogP contribution in [0.2, 0.25) is 0 Å². The minimum absolute atomic E-state index is 0.431. The number of thiophene rings is 1. The number of nitrogens with one attached hydrogen (secondary N) is 1. The summed E-state index contributed by atoms with van der Waals surface area (Å²) in [4.78, 5) is 5.33. The van der Waals surface area contributed by atoms with Crippen LogP contribution in [0.5, 0.6) is 0 Å². The Hall–Kier alpha value is -1.28. The van der Waals surface area contributed by atoms with E-state index in [0.717, 1.165) is 30.1 Å². The SMILES string of the molecule is CCN(CC)S(=O)(=O)c1ccc(CCNCc2ccccn2)s1. The second kappa shape index (κ2) is 8.54. The maximum Gasteiger partial charge on any atom is 0.252 e. The first-order valence-corrected chi connectivity index (χ1v) is 10.0. The van der Waals surface area contributed by atoms with Crippen LogP contribution in [0.1, 0.15) is 24.4 Å². The molecule has 0 radical (unpaired) electrons. The summed E-state index contributed by atoms with van der Waals surface area (Å²) in [6.07, 6.45) is 2.59. The molecule has 7 heteroatoms. The van der Waals surface area contributed by atoms with Gasteiger partial charge in [-0.3, -0.25) is 4.98 Å². The topological polar surface area (TPSA) is 62.3 Å². The molecule has 0 aliphatic rings. The van der Waals surface area contributed by atoms with Gasteiger partial charge >= 0.3 is 0 Å². The Morgan fingerprint density at radius 1 is 1.17 bits per heavy atom. The molecule has 0 unspecified atom stereocenters. The maximum atomic E-state index is 12.4. The molecule has 0 saturated heterocycles. The highest BCUT2D eigenvalue weighted by Gasteiger charge is 2.23. The average Bonchev–Trinajstić information content (AvgIpc) is 3.03. The molecule has 0 spiro atoms. The molecular weight excluding hydrogens is 330 g/mol. The molecule has 2 rings (SSSR count). The summed E-state index contributed by atoms with van der Waals surface area (Å²) < 4.78 is 26.8. The fourth-order valence-electron chi connectivity index (χ4n) is 2.25. The Bertz CT molecular complexity index is 695. The number of hydrogen-bond acceptors (Lipinski definition) is 5. The smallest absolute Gasteiger partial charge is 0.252 e. The van der Waals surface area contributed by atoms with Crippen molar-refractivity contribution in [2.45, 2.75) is 31.0 Å². The lowest BCUT2D eigenvalue weighted by Crippen LogP contribution is -2.29. The van der Waals surface area contributed by atoms with Crippen molar-refractivity contribution in [1.82, 2.24) is 14.6 Å². The van der Waals surface area contributed by atoms with Crippen molar-refractivity contribution >= 4 is 21.4 Å². The summed E-state index contributed by atoms with van der Waals surface area (Å²) in [6, 6.07) is 9.46. The highest BCUT2D eigenvalue weighted by Crippen LogP contribution is 2.25. The molecular formula is C16H23N3O2S2. The number of nitrogens with zero attached hydrogens (tertiary/aromatic N) is 2. The number of sulfonamides is 1. The van der Waals surface area contributed by atoms with Crippen molar-refractivity contribution in [3.8, 4) is 0 Å². The lowest BCUT2D eigenvalue weighted by Gasteiger charge is -2.16. The molecule has 0 fully saturated rings. The summed E-state index contributed by atoms with van der Waals surface area (Å²) >= 11 is 1.36. The summed E-state index contributed by atoms with van der Waals surface area (Å²) in [5, 5.41) is 3.33. The van der Waals surface area contributed by atoms with Crippen molar-refractivity contribution in [3.05, 3.63) is 47.1 Å². The van der Waals surface area contributed by atoms with Gasteiger partial charge in [-0.2, -0.15) is 4.31 Å². The van der Waals surface area contributed by atoms with Crippen LogP contribution >= 0.6 is 11.3 Å². The van der Waals surface area contributed by atoms with E-state index in [2.05, 4.69) is 10.3 Å². The van der Waals surface area contributed by atoms with Gasteiger partial charge in [0.25, 0.3) is 10.0 Å². The highest BCUT2D eigenvalue weighted by molar-refractivity contribution is 7.91. The van der Waals surface area contributed by atoms with E-state index < -0.39 is 10.0 Å². The fraction of sp³-hybridized carbons (Fsp3) is 0.438. The first kappa shape index (κ1) is 18.1. The highest BCUT2D eigenvalue weighted by atomic mass is 32.2. The zero-order valence-electron chi connectivity index (χ0n) is 13.5. The van der Waals surface area contributed by atoms with E-state index in [0.29, 0.717) is 17.3 Å². The molecule has 2 aromatic heterocycles. The first-order chi connectivity index (χ1) is 11.1. The molecule has 0 aromatic carbocycles. The third-order valence-electron chi connectivity index (χ3n) is 3.52. The van der Waals surface area contributed by atoms with Crippen LogP contribution in [0.3, 0.4) is 0 Å². The molecule has 0 aliphatic heterocycles. The van der Waals surface area contributed by atoms with Crippen LogP contribution in [0.15, 0.2) is 40.7 Å². The van der Waals surface area contributed by atoms with E-state index in [-0.39, 0.29) is 0 Å². The van der Waals surface area contributed by atoms with Crippen LogP contribution in [0.4, 0.5) is 0 Å². The minimum Gasteiger partial charge on any atom is -0.311 e. The molecule has 1 N–H and O–H groups in total. The first-order valence-electron chi connectivity index (χ1n) is 7.77. The molecule has 0 amide bonds. The molecule has 0 atom stereocenters. The van der Waals surface area contributed by atoms with Crippen molar-refractivity contribution in [3.63, 3.8) is 0 Å². The molecule has 0 bridgehead atoms. The predicted molar refractivity (Wildman–Crippen MR) is 94.1 cm³/mol. The Kier molecular flexibility index (Phi) is 6.71. The Morgan fingerprint density at radius 3 is 2.61 bits per heavy atom. The minimum atomic E-state index is -3.33. The van der Waals surface area contributed by atoms with Crippen molar-refractivity contribution in [2.24, 2.45) is 0 Å². The third-order valence-corrected chi connectivity index (χ3v) is 7.18. The second-order valence-electron chi connectivity index (χ2n) is 5.06. The summed E-state index contributed by atoms with van der Waals surface area (Å²) in [5.74, 6) is 0. The normalized spacial score (nSPS) is 12.0. The van der Waals surface area contributed by atoms with Crippen LogP contribution in [-0.4, -0.2) is 37.3 Å². The van der Waals surface area contributed by atoms with Crippen LogP contribution < -0.4 is 5.32 Å². The zero-order chi connectivity index (χ0) is 16.7. The van der Waals surface area contributed by atoms with Crippen LogP contribution in [0, 0.1) is 0 Å². The largest absolute Gasteiger partial charge is 0.311 e. The van der Waals surface area contributed by atoms with E-state index in [1.54, 1.807) is 12.3 Å². The number of rotatable bonds is 9. The van der Waals surface area contributed by atoms with Crippen LogP contribution in [-0.2, 0) is 23.0 Å². The lowest BCUT2D eigenvalue weighted by atomic mass is 10.3. The van der Waals surface area contributed by atoms with Gasteiger partial charge in [-0.15, -0.1) is 11.3 Å². The molecule has 0 aliphatic carbocycles. The standard InChI is InChI=1S/C16H23N3O2S2/c1-3-19(4-2)23(20,21)16-9-8-15(22-16)10-12-17-13-14-7-5-6-11-18-14/h5-9,11,17H,3-4,10,12-13H2,1-2H3. The quantitative estimate of drug-likeness (QED) is 0.704. The monoisotopic (exact) mass is 353 g/mol. The van der Waals surface area contributed by atoms with Crippen LogP contribution in [0.25, 0.3) is 0 Å². The average molecular weight is 354 g/mol. The molecule has 0 saturated carbocycles. The Labute approximate surface area is 142 Å². The Morgan fingerprint density at radius 2 is 1.96 bits per heavy atom. The van der Waals surface area contributed by atoms with Gasteiger partial charge in [0, 0.05) is 37.3 Å². The maximum absolute atomic E-state index is 12.4. The molecule has 5 nitrogen and oxygen atoms in total. The summed E-state index contributed by atoms with van der Waals surface area (Å²) in [6.45, 7) is 6.22. The number of pyridine rings is 1. The van der Waals surface area contributed by atoms with Gasteiger partial charge in [-0.25, -0.2) is 8.42 Å². The Balaban J connectivity index is 1.87. The van der Waals surface area contributed by atoms with Gasteiger partial charge in [0.15, 0.2) is 0 Å². The van der Waals surface area contributed by atoms with E-state index in [1.807, 2.05) is 38.1 Å². The van der Waals surface area contributed by atoms with Crippen molar-refractivity contribution < 1.29 is 8.42 Å². The van der Waals surface area contributed by atoms with E-state index in [1.165, 1.54) is 15.6 Å². The summed E-state index contributed by atoms with van der Waals surface area (Å²) in [5.41, 5.74) is 1.00. The van der Waals surface area contributed by atoms with Gasteiger partial charge in [0.2, 0.25) is 0 Å². The molecule has 2 aromatic rings.